The Morgan fingerprint density at radius 1 is 1.05 bits per heavy atom. The summed E-state index contributed by atoms with van der Waals surface area (Å²) in [6, 6.07) is 1.83. The van der Waals surface area contributed by atoms with Gasteiger partial charge in [-0.25, -0.2) is 9.97 Å². The Balaban J connectivity index is 1.37. The van der Waals surface area contributed by atoms with E-state index in [0.717, 1.165) is 38.5 Å². The predicted molar refractivity (Wildman–Crippen MR) is 79.7 cm³/mol. The number of piperazine rings is 1. The van der Waals surface area contributed by atoms with Crippen LogP contribution in [0.4, 0.5) is 5.95 Å². The molecule has 1 aliphatic heterocycles. The number of rotatable bonds is 2. The van der Waals surface area contributed by atoms with Crippen LogP contribution in [0, 0.1) is 17.8 Å². The summed E-state index contributed by atoms with van der Waals surface area (Å²) in [5.41, 5.74) is 0. The van der Waals surface area contributed by atoms with Crippen molar-refractivity contribution in [2.24, 2.45) is 17.8 Å². The molecule has 2 bridgehead atoms. The molecule has 1 aromatic heterocycles. The van der Waals surface area contributed by atoms with Crippen molar-refractivity contribution in [2.75, 3.05) is 31.1 Å². The standard InChI is InChI=1S/C16H20N4O/c21-15(14-11-12-2-3-13(14)10-12)19-6-8-20(9-7-19)16-17-4-1-5-18-16/h1-5,12-14H,6-11H2/t12-,13-,14+/m0/s1. The molecular weight excluding hydrogens is 264 g/mol. The first-order chi connectivity index (χ1) is 10.3. The van der Waals surface area contributed by atoms with Crippen LogP contribution in [0.3, 0.4) is 0 Å². The van der Waals surface area contributed by atoms with Crippen molar-refractivity contribution in [3.63, 3.8) is 0 Å². The summed E-state index contributed by atoms with van der Waals surface area (Å²) in [5, 5.41) is 0. The van der Waals surface area contributed by atoms with E-state index in [-0.39, 0.29) is 5.92 Å². The summed E-state index contributed by atoms with van der Waals surface area (Å²) in [6.07, 6.45) is 10.3. The van der Waals surface area contributed by atoms with E-state index in [1.165, 1.54) is 6.42 Å². The summed E-state index contributed by atoms with van der Waals surface area (Å²) in [4.78, 5) is 25.4. The molecule has 1 saturated carbocycles. The lowest BCUT2D eigenvalue weighted by Gasteiger charge is -2.36. The van der Waals surface area contributed by atoms with E-state index >= 15 is 0 Å². The van der Waals surface area contributed by atoms with Gasteiger partial charge in [0.05, 0.1) is 0 Å². The molecule has 0 N–H and O–H groups in total. The van der Waals surface area contributed by atoms with Crippen molar-refractivity contribution in [1.29, 1.82) is 0 Å². The van der Waals surface area contributed by atoms with Crippen LogP contribution in [-0.2, 0) is 4.79 Å². The fourth-order valence-corrected chi connectivity index (χ4v) is 3.88. The van der Waals surface area contributed by atoms with Crippen LogP contribution in [0.25, 0.3) is 0 Å². The Morgan fingerprint density at radius 2 is 1.81 bits per heavy atom. The highest BCUT2D eigenvalue weighted by molar-refractivity contribution is 5.80. The van der Waals surface area contributed by atoms with Crippen LogP contribution in [0.15, 0.2) is 30.6 Å². The third-order valence-electron chi connectivity index (χ3n) is 5.02. The number of amides is 1. The molecule has 0 radical (unpaired) electrons. The maximum Gasteiger partial charge on any atom is 0.226 e. The van der Waals surface area contributed by atoms with Crippen molar-refractivity contribution >= 4 is 11.9 Å². The van der Waals surface area contributed by atoms with E-state index in [0.29, 0.717) is 17.7 Å². The molecule has 1 amide bonds. The Bertz CT molecular complexity index is 551. The third-order valence-corrected chi connectivity index (χ3v) is 5.02. The van der Waals surface area contributed by atoms with Crippen LogP contribution in [0.1, 0.15) is 12.8 Å². The Morgan fingerprint density at radius 3 is 2.43 bits per heavy atom. The number of aromatic nitrogens is 2. The highest BCUT2D eigenvalue weighted by atomic mass is 16.2. The number of nitrogens with zero attached hydrogens (tertiary/aromatic N) is 4. The number of hydrogen-bond donors (Lipinski definition) is 0. The summed E-state index contributed by atoms with van der Waals surface area (Å²) in [7, 11) is 0. The summed E-state index contributed by atoms with van der Waals surface area (Å²) in [6.45, 7) is 3.22. The first kappa shape index (κ1) is 12.8. The largest absolute Gasteiger partial charge is 0.339 e. The Hall–Kier alpha value is -1.91. The predicted octanol–water partition coefficient (Wildman–Crippen LogP) is 1.34. The zero-order valence-electron chi connectivity index (χ0n) is 12.1. The van der Waals surface area contributed by atoms with Gasteiger partial charge in [0, 0.05) is 44.5 Å². The van der Waals surface area contributed by atoms with Crippen LogP contribution in [0.5, 0.6) is 0 Å². The minimum atomic E-state index is 0.236. The molecule has 3 atom stereocenters. The van der Waals surface area contributed by atoms with Crippen LogP contribution in [-0.4, -0.2) is 47.0 Å². The minimum Gasteiger partial charge on any atom is -0.339 e. The van der Waals surface area contributed by atoms with Gasteiger partial charge < -0.3 is 9.80 Å². The Kier molecular flexibility index (Phi) is 3.13. The summed E-state index contributed by atoms with van der Waals surface area (Å²) >= 11 is 0. The van der Waals surface area contributed by atoms with Gasteiger partial charge in [0.25, 0.3) is 0 Å². The number of fused-ring (bicyclic) bond motifs is 2. The highest BCUT2D eigenvalue weighted by Crippen LogP contribution is 2.44. The third kappa shape index (κ3) is 2.30. The monoisotopic (exact) mass is 284 g/mol. The number of hydrogen-bond acceptors (Lipinski definition) is 4. The minimum absolute atomic E-state index is 0.236. The van der Waals surface area contributed by atoms with Gasteiger partial charge in [0.1, 0.15) is 0 Å². The van der Waals surface area contributed by atoms with Crippen molar-refractivity contribution < 1.29 is 4.79 Å². The average Bonchev–Trinajstić information content (AvgIpc) is 3.18. The zero-order valence-corrected chi connectivity index (χ0v) is 12.1. The lowest BCUT2D eigenvalue weighted by molar-refractivity contribution is -0.136. The first-order valence-corrected chi connectivity index (χ1v) is 7.80. The molecule has 0 unspecified atom stereocenters. The molecule has 1 saturated heterocycles. The van der Waals surface area contributed by atoms with Crippen molar-refractivity contribution in [2.45, 2.75) is 12.8 Å². The molecule has 3 aliphatic rings. The molecule has 4 rings (SSSR count). The van der Waals surface area contributed by atoms with E-state index in [1.54, 1.807) is 12.4 Å². The SMILES string of the molecule is O=C([C@@H]1C[C@H]2C=C[C@H]1C2)N1CCN(c2ncccn2)CC1. The molecule has 5 heteroatoms. The molecule has 110 valence electrons. The van der Waals surface area contributed by atoms with Crippen LogP contribution < -0.4 is 4.90 Å². The quantitative estimate of drug-likeness (QED) is 0.769. The van der Waals surface area contributed by atoms with Crippen molar-refractivity contribution in [3.8, 4) is 0 Å². The van der Waals surface area contributed by atoms with E-state index < -0.39 is 0 Å². The first-order valence-electron chi connectivity index (χ1n) is 7.80. The molecule has 21 heavy (non-hydrogen) atoms. The van der Waals surface area contributed by atoms with E-state index in [1.807, 2.05) is 11.0 Å². The second kappa shape index (κ2) is 5.13. The second-order valence-electron chi connectivity index (χ2n) is 6.25. The summed E-state index contributed by atoms with van der Waals surface area (Å²) in [5.74, 6) is 2.52. The van der Waals surface area contributed by atoms with Gasteiger partial charge in [0.2, 0.25) is 11.9 Å². The van der Waals surface area contributed by atoms with Crippen molar-refractivity contribution in [3.05, 3.63) is 30.6 Å². The van der Waals surface area contributed by atoms with E-state index in [9.17, 15) is 4.79 Å². The van der Waals surface area contributed by atoms with Gasteiger partial charge in [0.15, 0.2) is 0 Å². The summed E-state index contributed by atoms with van der Waals surface area (Å²) < 4.78 is 0. The van der Waals surface area contributed by atoms with Crippen LogP contribution >= 0.6 is 0 Å². The molecule has 1 aromatic rings. The Labute approximate surface area is 124 Å². The van der Waals surface area contributed by atoms with Gasteiger partial charge in [-0.05, 0) is 30.7 Å². The highest BCUT2D eigenvalue weighted by Gasteiger charge is 2.41. The van der Waals surface area contributed by atoms with E-state index in [4.69, 9.17) is 0 Å². The lowest BCUT2D eigenvalue weighted by Crippen LogP contribution is -2.51. The molecule has 0 spiro atoms. The average molecular weight is 284 g/mol. The normalized spacial score (nSPS) is 31.0. The number of carbonyl (C=O) groups excluding carboxylic acids is 1. The van der Waals surface area contributed by atoms with Gasteiger partial charge >= 0.3 is 0 Å². The second-order valence-corrected chi connectivity index (χ2v) is 6.25. The van der Waals surface area contributed by atoms with Gasteiger partial charge in [-0.1, -0.05) is 12.2 Å². The number of anilines is 1. The number of allylic oxidation sites excluding steroid dienone is 2. The fraction of sp³-hybridized carbons (Fsp3) is 0.562. The molecule has 2 aliphatic carbocycles. The molecule has 2 fully saturated rings. The zero-order chi connectivity index (χ0) is 14.2. The van der Waals surface area contributed by atoms with Gasteiger partial charge in [-0.15, -0.1) is 0 Å². The topological polar surface area (TPSA) is 49.3 Å². The van der Waals surface area contributed by atoms with Gasteiger partial charge in [-0.2, -0.15) is 0 Å². The molecular formula is C16H20N4O. The van der Waals surface area contributed by atoms with E-state index in [2.05, 4.69) is 27.0 Å². The molecule has 0 aromatic carbocycles. The smallest absolute Gasteiger partial charge is 0.226 e. The van der Waals surface area contributed by atoms with Gasteiger partial charge in [-0.3, -0.25) is 4.79 Å². The van der Waals surface area contributed by atoms with Crippen LogP contribution in [0.2, 0.25) is 0 Å². The molecule has 5 nitrogen and oxygen atoms in total. The maximum absolute atomic E-state index is 12.7. The fourth-order valence-electron chi connectivity index (χ4n) is 3.88. The lowest BCUT2D eigenvalue weighted by atomic mass is 9.92. The number of carbonyl (C=O) groups is 1. The molecule has 2 heterocycles. The maximum atomic E-state index is 12.7. The van der Waals surface area contributed by atoms with Crippen molar-refractivity contribution in [1.82, 2.24) is 14.9 Å².